The smallest absolute Gasteiger partial charge is 0.200 e. The van der Waals surface area contributed by atoms with E-state index in [1.54, 1.807) is 6.92 Å². The number of hydrogen-bond donors (Lipinski definition) is 1. The lowest BCUT2D eigenvalue weighted by Gasteiger charge is -2.21. The standard InChI is InChI=1S/C12H14F5NO/c1-2-3-18(4-5-19)6-7-8(13)10(15)12(17)11(16)9(7)14/h19H,2-6H2,1H3. The zero-order chi connectivity index (χ0) is 14.6. The lowest BCUT2D eigenvalue weighted by Crippen LogP contribution is -2.28. The highest BCUT2D eigenvalue weighted by Crippen LogP contribution is 2.24. The Balaban J connectivity index is 3.12. The molecule has 108 valence electrons. The first kappa shape index (κ1) is 15.8. The van der Waals surface area contributed by atoms with E-state index in [1.807, 2.05) is 0 Å². The summed E-state index contributed by atoms with van der Waals surface area (Å²) in [5.41, 5.74) is -0.877. The topological polar surface area (TPSA) is 23.5 Å². The molecule has 0 aliphatic rings. The van der Waals surface area contributed by atoms with E-state index < -0.39 is 41.2 Å². The van der Waals surface area contributed by atoms with Crippen LogP contribution in [0.15, 0.2) is 0 Å². The van der Waals surface area contributed by atoms with Gasteiger partial charge in [-0.25, -0.2) is 22.0 Å². The molecule has 1 N–H and O–H groups in total. The molecule has 0 amide bonds. The van der Waals surface area contributed by atoms with Crippen LogP contribution >= 0.6 is 0 Å². The van der Waals surface area contributed by atoms with Crippen molar-refractivity contribution < 1.29 is 27.1 Å². The molecule has 0 atom stereocenters. The SMILES string of the molecule is CCCN(CCO)Cc1c(F)c(F)c(F)c(F)c1F. The van der Waals surface area contributed by atoms with E-state index in [0.717, 1.165) is 0 Å². The molecular formula is C12H14F5NO. The maximum absolute atomic E-state index is 13.4. The summed E-state index contributed by atoms with van der Waals surface area (Å²) in [4.78, 5) is 1.41. The molecule has 0 saturated heterocycles. The van der Waals surface area contributed by atoms with Gasteiger partial charge in [-0.15, -0.1) is 0 Å². The van der Waals surface area contributed by atoms with Gasteiger partial charge in [0.05, 0.1) is 6.61 Å². The molecule has 0 saturated carbocycles. The Hall–Kier alpha value is -1.21. The van der Waals surface area contributed by atoms with Crippen molar-refractivity contribution in [3.63, 3.8) is 0 Å². The Bertz CT molecular complexity index is 417. The van der Waals surface area contributed by atoms with Gasteiger partial charge in [0.1, 0.15) is 0 Å². The fourth-order valence-electron chi connectivity index (χ4n) is 1.74. The van der Waals surface area contributed by atoms with Crippen molar-refractivity contribution in [2.75, 3.05) is 19.7 Å². The zero-order valence-corrected chi connectivity index (χ0v) is 10.3. The number of aliphatic hydroxyl groups excluding tert-OH is 1. The summed E-state index contributed by atoms with van der Waals surface area (Å²) >= 11 is 0. The van der Waals surface area contributed by atoms with Crippen LogP contribution in [0.5, 0.6) is 0 Å². The average Bonchev–Trinajstić information content (AvgIpc) is 2.39. The second-order valence-corrected chi connectivity index (χ2v) is 4.05. The van der Waals surface area contributed by atoms with Crippen LogP contribution in [0.1, 0.15) is 18.9 Å². The third-order valence-corrected chi connectivity index (χ3v) is 2.64. The maximum Gasteiger partial charge on any atom is 0.200 e. The quantitative estimate of drug-likeness (QED) is 0.493. The van der Waals surface area contributed by atoms with Crippen LogP contribution in [0, 0.1) is 29.1 Å². The van der Waals surface area contributed by atoms with E-state index in [2.05, 4.69) is 0 Å². The molecule has 0 aliphatic carbocycles. The predicted octanol–water partition coefficient (Wildman–Crippen LogP) is 2.59. The second-order valence-electron chi connectivity index (χ2n) is 4.05. The van der Waals surface area contributed by atoms with Gasteiger partial charge < -0.3 is 5.11 Å². The van der Waals surface area contributed by atoms with Crippen molar-refractivity contribution in [3.05, 3.63) is 34.6 Å². The Morgan fingerprint density at radius 2 is 1.32 bits per heavy atom. The minimum Gasteiger partial charge on any atom is -0.395 e. The monoisotopic (exact) mass is 283 g/mol. The van der Waals surface area contributed by atoms with E-state index in [-0.39, 0.29) is 13.2 Å². The molecule has 19 heavy (non-hydrogen) atoms. The summed E-state index contributed by atoms with van der Waals surface area (Å²) in [5, 5.41) is 8.80. The van der Waals surface area contributed by atoms with E-state index in [9.17, 15) is 22.0 Å². The number of halogens is 5. The van der Waals surface area contributed by atoms with E-state index in [1.165, 1.54) is 4.90 Å². The van der Waals surface area contributed by atoms with Crippen molar-refractivity contribution in [2.24, 2.45) is 0 Å². The van der Waals surface area contributed by atoms with Crippen molar-refractivity contribution >= 4 is 0 Å². The molecule has 0 heterocycles. The predicted molar refractivity (Wildman–Crippen MR) is 58.9 cm³/mol. The summed E-state index contributed by atoms with van der Waals surface area (Å²) in [5.74, 6) is -9.71. The van der Waals surface area contributed by atoms with Crippen LogP contribution in [0.25, 0.3) is 0 Å². The minimum atomic E-state index is -2.16. The van der Waals surface area contributed by atoms with E-state index in [0.29, 0.717) is 13.0 Å². The highest BCUT2D eigenvalue weighted by molar-refractivity contribution is 5.24. The van der Waals surface area contributed by atoms with Gasteiger partial charge in [0.15, 0.2) is 23.3 Å². The summed E-state index contributed by atoms with van der Waals surface area (Å²) in [7, 11) is 0. The molecule has 0 bridgehead atoms. The summed E-state index contributed by atoms with van der Waals surface area (Å²) in [6.07, 6.45) is 0.620. The van der Waals surface area contributed by atoms with Crippen LogP contribution in [-0.2, 0) is 6.54 Å². The summed E-state index contributed by atoms with van der Waals surface area (Å²) in [6.45, 7) is 1.55. The molecule has 0 aromatic heterocycles. The number of hydrogen-bond acceptors (Lipinski definition) is 2. The minimum absolute atomic E-state index is 0.0906. The van der Waals surface area contributed by atoms with Crippen molar-refractivity contribution in [1.29, 1.82) is 0 Å². The molecule has 2 nitrogen and oxygen atoms in total. The van der Waals surface area contributed by atoms with Crippen LogP contribution in [0.4, 0.5) is 22.0 Å². The van der Waals surface area contributed by atoms with Gasteiger partial charge in [-0.1, -0.05) is 6.92 Å². The van der Waals surface area contributed by atoms with E-state index >= 15 is 0 Å². The lowest BCUT2D eigenvalue weighted by molar-refractivity contribution is 0.185. The molecule has 0 unspecified atom stereocenters. The highest BCUT2D eigenvalue weighted by atomic mass is 19.2. The third-order valence-electron chi connectivity index (χ3n) is 2.64. The van der Waals surface area contributed by atoms with Gasteiger partial charge in [-0.3, -0.25) is 4.90 Å². The lowest BCUT2D eigenvalue weighted by atomic mass is 10.1. The van der Waals surface area contributed by atoms with Gasteiger partial charge in [-0.2, -0.15) is 0 Å². The number of benzene rings is 1. The normalized spacial score (nSPS) is 11.4. The third kappa shape index (κ3) is 3.42. The molecule has 1 aromatic rings. The van der Waals surface area contributed by atoms with Gasteiger partial charge in [-0.05, 0) is 13.0 Å². The highest BCUT2D eigenvalue weighted by Gasteiger charge is 2.26. The largest absolute Gasteiger partial charge is 0.395 e. The van der Waals surface area contributed by atoms with Gasteiger partial charge in [0, 0.05) is 18.7 Å². The average molecular weight is 283 g/mol. The van der Waals surface area contributed by atoms with Crippen LogP contribution in [-0.4, -0.2) is 29.7 Å². The Morgan fingerprint density at radius 1 is 0.842 bits per heavy atom. The number of aliphatic hydroxyl groups is 1. The van der Waals surface area contributed by atoms with Crippen molar-refractivity contribution in [1.82, 2.24) is 4.90 Å². The van der Waals surface area contributed by atoms with E-state index in [4.69, 9.17) is 5.11 Å². The Labute approximate surface area is 107 Å². The number of rotatable bonds is 6. The molecule has 0 aliphatic heterocycles. The molecule has 7 heteroatoms. The molecule has 0 fully saturated rings. The first-order valence-electron chi connectivity index (χ1n) is 5.77. The van der Waals surface area contributed by atoms with Gasteiger partial charge >= 0.3 is 0 Å². The van der Waals surface area contributed by atoms with Gasteiger partial charge in [0.25, 0.3) is 0 Å². The molecule has 1 rings (SSSR count). The second kappa shape index (κ2) is 6.81. The maximum atomic E-state index is 13.4. The fraction of sp³-hybridized carbons (Fsp3) is 0.500. The van der Waals surface area contributed by atoms with Crippen LogP contribution in [0.2, 0.25) is 0 Å². The molecular weight excluding hydrogens is 269 g/mol. The molecule has 1 aromatic carbocycles. The van der Waals surface area contributed by atoms with Crippen LogP contribution < -0.4 is 0 Å². The number of nitrogens with zero attached hydrogens (tertiary/aromatic N) is 1. The fourth-order valence-corrected chi connectivity index (χ4v) is 1.74. The summed E-state index contributed by atoms with van der Waals surface area (Å²) < 4.78 is 65.7. The van der Waals surface area contributed by atoms with Crippen molar-refractivity contribution in [3.8, 4) is 0 Å². The first-order chi connectivity index (χ1) is 8.93. The Morgan fingerprint density at radius 3 is 1.74 bits per heavy atom. The molecule has 0 radical (unpaired) electrons. The van der Waals surface area contributed by atoms with Crippen LogP contribution in [0.3, 0.4) is 0 Å². The van der Waals surface area contributed by atoms with Crippen molar-refractivity contribution in [2.45, 2.75) is 19.9 Å². The first-order valence-corrected chi connectivity index (χ1v) is 5.77. The summed E-state index contributed by atoms with van der Waals surface area (Å²) in [6, 6.07) is 0. The Kier molecular flexibility index (Phi) is 5.68. The van der Waals surface area contributed by atoms with Gasteiger partial charge in [0.2, 0.25) is 5.82 Å². The zero-order valence-electron chi connectivity index (χ0n) is 10.3. The molecule has 0 spiro atoms.